The lowest BCUT2D eigenvalue weighted by Crippen LogP contribution is -3.00. The highest BCUT2D eigenvalue weighted by atomic mass is 79.9. The molecule has 1 rings (SSSR count). The molecule has 1 aromatic rings. The zero-order valence-electron chi connectivity index (χ0n) is 20.3. The van der Waals surface area contributed by atoms with Crippen LogP contribution in [0.25, 0.3) is 0 Å². The van der Waals surface area contributed by atoms with E-state index in [9.17, 15) is 4.79 Å². The lowest BCUT2D eigenvalue weighted by Gasteiger charge is -2.07. The van der Waals surface area contributed by atoms with Gasteiger partial charge in [-0.3, -0.25) is 0 Å². The van der Waals surface area contributed by atoms with Crippen molar-refractivity contribution in [3.63, 3.8) is 0 Å². The number of hydrogen-bond donors (Lipinski definition) is 1. The molecular weight excluding hydrogens is 454 g/mol. The third kappa shape index (κ3) is 19.4. The van der Waals surface area contributed by atoms with Crippen LogP contribution in [0.1, 0.15) is 110 Å². The Morgan fingerprint density at radius 1 is 0.839 bits per heavy atom. The minimum absolute atomic E-state index is 0. The molecule has 0 aromatic carbocycles. The number of carbonyl (C=O) groups is 1. The minimum Gasteiger partial charge on any atom is -1.00 e. The lowest BCUT2D eigenvalue weighted by atomic mass is 10.1. The molecule has 0 aliphatic heterocycles. The number of amides is 1. The van der Waals surface area contributed by atoms with E-state index >= 15 is 0 Å². The number of carbonyl (C=O) groups excluding carboxylic acids is 1. The SMILES string of the molecule is CCCCCCCCCCCCCCOC(=O)NCCCCCCn1cc[n+](C)c1.[Br-]. The van der Waals surface area contributed by atoms with Crippen molar-refractivity contribution in [3.05, 3.63) is 18.7 Å². The van der Waals surface area contributed by atoms with Gasteiger partial charge in [0.1, 0.15) is 12.4 Å². The van der Waals surface area contributed by atoms with Gasteiger partial charge in [0.2, 0.25) is 6.33 Å². The van der Waals surface area contributed by atoms with Crippen LogP contribution in [0.15, 0.2) is 18.7 Å². The molecule has 1 amide bonds. The molecular formula is C25H48BrN3O2. The summed E-state index contributed by atoms with van der Waals surface area (Å²) in [7, 11) is 2.04. The van der Waals surface area contributed by atoms with E-state index in [1.54, 1.807) is 0 Å². The van der Waals surface area contributed by atoms with Gasteiger partial charge in [0.05, 0.1) is 20.2 Å². The summed E-state index contributed by atoms with van der Waals surface area (Å²) in [4.78, 5) is 11.7. The van der Waals surface area contributed by atoms with Gasteiger partial charge in [-0.15, -0.1) is 0 Å². The van der Waals surface area contributed by atoms with Crippen LogP contribution in [0.2, 0.25) is 0 Å². The van der Waals surface area contributed by atoms with Gasteiger partial charge in [0.15, 0.2) is 0 Å². The Hall–Kier alpha value is -1.04. The number of unbranched alkanes of at least 4 members (excludes halogenated alkanes) is 14. The molecule has 0 atom stereocenters. The summed E-state index contributed by atoms with van der Waals surface area (Å²) in [6.07, 6.45) is 26.4. The number of nitrogens with one attached hydrogen (secondary N) is 1. The molecule has 0 fully saturated rings. The van der Waals surface area contributed by atoms with Gasteiger partial charge in [-0.1, -0.05) is 84.0 Å². The van der Waals surface area contributed by atoms with Crippen molar-refractivity contribution in [1.29, 1.82) is 0 Å². The maximum atomic E-state index is 11.7. The maximum absolute atomic E-state index is 11.7. The smallest absolute Gasteiger partial charge is 0.407 e. The maximum Gasteiger partial charge on any atom is 0.407 e. The third-order valence-electron chi connectivity index (χ3n) is 5.67. The van der Waals surface area contributed by atoms with Gasteiger partial charge in [0, 0.05) is 6.54 Å². The van der Waals surface area contributed by atoms with Gasteiger partial charge in [-0.05, 0) is 25.7 Å². The van der Waals surface area contributed by atoms with Crippen molar-refractivity contribution in [3.8, 4) is 0 Å². The zero-order valence-corrected chi connectivity index (χ0v) is 21.8. The van der Waals surface area contributed by atoms with Crippen molar-refractivity contribution in [1.82, 2.24) is 9.88 Å². The predicted octanol–water partition coefficient (Wildman–Crippen LogP) is 3.30. The first-order valence-electron chi connectivity index (χ1n) is 12.6. The van der Waals surface area contributed by atoms with Crippen molar-refractivity contribution in [2.75, 3.05) is 13.2 Å². The highest BCUT2D eigenvalue weighted by molar-refractivity contribution is 5.66. The fraction of sp³-hybridized carbons (Fsp3) is 0.840. The van der Waals surface area contributed by atoms with Crippen LogP contribution in [0.3, 0.4) is 0 Å². The number of halogens is 1. The number of nitrogens with zero attached hydrogens (tertiary/aromatic N) is 2. The minimum atomic E-state index is -0.252. The first-order chi connectivity index (χ1) is 14.7. The molecule has 0 aliphatic rings. The average Bonchev–Trinajstić information content (AvgIpc) is 3.15. The molecule has 0 saturated carbocycles. The van der Waals surface area contributed by atoms with Gasteiger partial charge < -0.3 is 27.0 Å². The largest absolute Gasteiger partial charge is 1.00 e. The first kappa shape index (κ1) is 30.0. The molecule has 0 saturated heterocycles. The van der Waals surface area contributed by atoms with E-state index in [0.29, 0.717) is 6.61 Å². The summed E-state index contributed by atoms with van der Waals surface area (Å²) in [6, 6.07) is 0. The Kier molecular flexibility index (Phi) is 21.4. The summed E-state index contributed by atoms with van der Waals surface area (Å²) < 4.78 is 9.54. The van der Waals surface area contributed by atoms with Crippen LogP contribution in [-0.4, -0.2) is 23.8 Å². The van der Waals surface area contributed by atoms with E-state index in [4.69, 9.17) is 4.74 Å². The zero-order chi connectivity index (χ0) is 21.7. The van der Waals surface area contributed by atoms with Crippen molar-refractivity contribution in [2.45, 2.75) is 116 Å². The van der Waals surface area contributed by atoms with Gasteiger partial charge in [-0.2, -0.15) is 0 Å². The van der Waals surface area contributed by atoms with Crippen molar-refractivity contribution >= 4 is 6.09 Å². The summed E-state index contributed by atoms with van der Waals surface area (Å²) in [5.41, 5.74) is 0. The number of aryl methyl sites for hydroxylation is 2. The molecule has 1 N–H and O–H groups in total. The Balaban J connectivity index is 0.00000900. The molecule has 1 aromatic heterocycles. The number of aromatic nitrogens is 2. The highest BCUT2D eigenvalue weighted by Crippen LogP contribution is 2.12. The second-order valence-corrected chi connectivity index (χ2v) is 8.68. The van der Waals surface area contributed by atoms with Gasteiger partial charge in [-0.25, -0.2) is 13.9 Å². The van der Waals surface area contributed by atoms with E-state index in [1.165, 1.54) is 83.5 Å². The Labute approximate surface area is 202 Å². The van der Waals surface area contributed by atoms with Crippen LogP contribution >= 0.6 is 0 Å². The number of alkyl carbamates (subject to hydrolysis) is 1. The molecule has 5 nitrogen and oxygen atoms in total. The number of rotatable bonds is 20. The average molecular weight is 503 g/mol. The molecule has 0 bridgehead atoms. The topological polar surface area (TPSA) is 47.1 Å². The van der Waals surface area contributed by atoms with Gasteiger partial charge >= 0.3 is 6.09 Å². The number of hydrogen-bond acceptors (Lipinski definition) is 2. The van der Waals surface area contributed by atoms with Crippen LogP contribution in [0, 0.1) is 0 Å². The Morgan fingerprint density at radius 2 is 1.39 bits per heavy atom. The van der Waals surface area contributed by atoms with Crippen LogP contribution in [0.5, 0.6) is 0 Å². The molecule has 182 valence electrons. The number of ether oxygens (including phenoxy) is 1. The Morgan fingerprint density at radius 3 is 1.97 bits per heavy atom. The van der Waals surface area contributed by atoms with E-state index in [1.807, 2.05) is 7.05 Å². The number of imidazole rings is 1. The van der Waals surface area contributed by atoms with E-state index < -0.39 is 0 Å². The van der Waals surface area contributed by atoms with E-state index in [0.717, 1.165) is 32.4 Å². The molecule has 6 heteroatoms. The molecule has 0 spiro atoms. The van der Waals surface area contributed by atoms with Crippen molar-refractivity contribution in [2.24, 2.45) is 7.05 Å². The molecule has 0 radical (unpaired) electrons. The fourth-order valence-corrected chi connectivity index (χ4v) is 3.76. The van der Waals surface area contributed by atoms with Crippen LogP contribution in [0.4, 0.5) is 4.79 Å². The Bertz CT molecular complexity index is 523. The standard InChI is InChI=1S/C25H47N3O2.BrH/c1-3-4-5-6-7-8-9-10-11-12-15-18-23-30-25(29)26-19-16-13-14-17-20-28-22-21-27(2)24-28;/h21-22,24H,3-20,23H2,1-2H3;1H. The highest BCUT2D eigenvalue weighted by Gasteiger charge is 2.02. The lowest BCUT2D eigenvalue weighted by molar-refractivity contribution is -0.671. The van der Waals surface area contributed by atoms with Gasteiger partial charge in [0.25, 0.3) is 0 Å². The van der Waals surface area contributed by atoms with Crippen LogP contribution < -0.4 is 26.9 Å². The fourth-order valence-electron chi connectivity index (χ4n) is 3.76. The van der Waals surface area contributed by atoms with Crippen LogP contribution in [-0.2, 0) is 18.3 Å². The molecule has 0 aliphatic carbocycles. The summed E-state index contributed by atoms with van der Waals surface area (Å²) in [5, 5.41) is 2.87. The summed E-state index contributed by atoms with van der Waals surface area (Å²) in [5.74, 6) is 0. The molecule has 31 heavy (non-hydrogen) atoms. The monoisotopic (exact) mass is 501 g/mol. The molecule has 1 heterocycles. The van der Waals surface area contributed by atoms with Crippen molar-refractivity contribution < 1.29 is 31.1 Å². The second-order valence-electron chi connectivity index (χ2n) is 8.68. The normalized spacial score (nSPS) is 10.6. The summed E-state index contributed by atoms with van der Waals surface area (Å²) >= 11 is 0. The van der Waals surface area contributed by atoms with E-state index in [-0.39, 0.29) is 23.1 Å². The van der Waals surface area contributed by atoms with E-state index in [2.05, 4.69) is 40.1 Å². The third-order valence-corrected chi connectivity index (χ3v) is 5.67. The predicted molar refractivity (Wildman–Crippen MR) is 125 cm³/mol. The first-order valence-corrected chi connectivity index (χ1v) is 12.6. The quantitative estimate of drug-likeness (QED) is 0.220. The summed E-state index contributed by atoms with van der Waals surface area (Å²) in [6.45, 7) is 4.61. The molecule has 0 unspecified atom stereocenters. The second kappa shape index (κ2) is 22.2.